The molecular weight excluding hydrogens is 146 g/mol. The quantitative estimate of drug-likeness (QED) is 0.613. The Hall–Kier alpha value is -0.0100. The minimum atomic E-state index is 0. The first-order valence-electron chi connectivity index (χ1n) is 3.56. The van der Waals surface area contributed by atoms with Crippen molar-refractivity contribution < 1.29 is 0 Å². The van der Waals surface area contributed by atoms with Gasteiger partial charge in [-0.3, -0.25) is 0 Å². The fraction of sp³-hybridized carbons (Fsp3) is 0.750. The number of hydrogen-bond donors (Lipinski definition) is 1. The molecule has 0 bridgehead atoms. The molecular formula is C8H18ClN. The average Bonchev–Trinajstić information content (AvgIpc) is 1.85. The SMILES string of the molecule is C=CCCC(C)CNC.Cl. The molecule has 0 aliphatic rings. The zero-order valence-electron chi connectivity index (χ0n) is 6.89. The Bertz CT molecular complexity index is 73.7. The Morgan fingerprint density at radius 2 is 2.20 bits per heavy atom. The van der Waals surface area contributed by atoms with E-state index in [2.05, 4.69) is 18.8 Å². The van der Waals surface area contributed by atoms with E-state index < -0.39 is 0 Å². The lowest BCUT2D eigenvalue weighted by molar-refractivity contribution is 0.509. The summed E-state index contributed by atoms with van der Waals surface area (Å²) in [5.74, 6) is 0.785. The summed E-state index contributed by atoms with van der Waals surface area (Å²) in [7, 11) is 1.99. The van der Waals surface area contributed by atoms with Gasteiger partial charge in [0.15, 0.2) is 0 Å². The van der Waals surface area contributed by atoms with Gasteiger partial charge in [0, 0.05) is 0 Å². The van der Waals surface area contributed by atoms with Crippen LogP contribution in [0.2, 0.25) is 0 Å². The van der Waals surface area contributed by atoms with Crippen LogP contribution in [0.5, 0.6) is 0 Å². The number of hydrogen-bond acceptors (Lipinski definition) is 1. The molecule has 62 valence electrons. The summed E-state index contributed by atoms with van der Waals surface area (Å²) < 4.78 is 0. The van der Waals surface area contributed by atoms with Gasteiger partial charge in [0.25, 0.3) is 0 Å². The van der Waals surface area contributed by atoms with Crippen LogP contribution in [-0.4, -0.2) is 13.6 Å². The fourth-order valence-electron chi connectivity index (χ4n) is 0.853. The molecule has 0 aromatic carbocycles. The Morgan fingerprint density at radius 1 is 1.60 bits per heavy atom. The molecule has 0 amide bonds. The van der Waals surface area contributed by atoms with Crippen molar-refractivity contribution in [3.05, 3.63) is 12.7 Å². The summed E-state index contributed by atoms with van der Waals surface area (Å²) >= 11 is 0. The van der Waals surface area contributed by atoms with E-state index in [1.807, 2.05) is 13.1 Å². The molecule has 0 aromatic heterocycles. The van der Waals surface area contributed by atoms with Crippen molar-refractivity contribution in [3.8, 4) is 0 Å². The summed E-state index contributed by atoms with van der Waals surface area (Å²) in [6.07, 6.45) is 4.37. The molecule has 0 spiro atoms. The van der Waals surface area contributed by atoms with Gasteiger partial charge < -0.3 is 5.32 Å². The summed E-state index contributed by atoms with van der Waals surface area (Å²) in [6.45, 7) is 7.04. The molecule has 2 heteroatoms. The van der Waals surface area contributed by atoms with E-state index in [4.69, 9.17) is 0 Å². The first kappa shape index (κ1) is 12.6. The highest BCUT2D eigenvalue weighted by Crippen LogP contribution is 2.02. The summed E-state index contributed by atoms with van der Waals surface area (Å²) in [5, 5.41) is 3.14. The lowest BCUT2D eigenvalue weighted by Gasteiger charge is -2.07. The molecule has 0 saturated heterocycles. The molecule has 1 atom stereocenters. The Kier molecular flexibility index (Phi) is 11.4. The van der Waals surface area contributed by atoms with Crippen LogP contribution in [0.3, 0.4) is 0 Å². The zero-order chi connectivity index (χ0) is 7.11. The minimum absolute atomic E-state index is 0. The number of allylic oxidation sites excluding steroid dienone is 1. The monoisotopic (exact) mass is 163 g/mol. The van der Waals surface area contributed by atoms with Gasteiger partial charge >= 0.3 is 0 Å². The maximum atomic E-state index is 3.67. The third kappa shape index (κ3) is 7.99. The smallest absolute Gasteiger partial charge is 0.00260 e. The molecule has 10 heavy (non-hydrogen) atoms. The van der Waals surface area contributed by atoms with Gasteiger partial charge in [-0.1, -0.05) is 13.0 Å². The van der Waals surface area contributed by atoms with Gasteiger partial charge in [0.05, 0.1) is 0 Å². The van der Waals surface area contributed by atoms with E-state index in [0.717, 1.165) is 18.9 Å². The average molecular weight is 164 g/mol. The van der Waals surface area contributed by atoms with Crippen molar-refractivity contribution >= 4 is 12.4 Å². The lowest BCUT2D eigenvalue weighted by atomic mass is 10.1. The second kappa shape index (κ2) is 8.99. The number of halogens is 1. The van der Waals surface area contributed by atoms with Gasteiger partial charge in [0.2, 0.25) is 0 Å². The van der Waals surface area contributed by atoms with Gasteiger partial charge in [0.1, 0.15) is 0 Å². The van der Waals surface area contributed by atoms with Crippen LogP contribution < -0.4 is 5.32 Å². The van der Waals surface area contributed by atoms with Gasteiger partial charge in [-0.25, -0.2) is 0 Å². The predicted molar refractivity (Wildman–Crippen MR) is 49.8 cm³/mol. The van der Waals surface area contributed by atoms with Crippen LogP contribution in [-0.2, 0) is 0 Å². The topological polar surface area (TPSA) is 12.0 Å². The highest BCUT2D eigenvalue weighted by molar-refractivity contribution is 5.85. The first-order chi connectivity index (χ1) is 4.31. The Labute approximate surface area is 70.3 Å². The third-order valence-corrected chi connectivity index (χ3v) is 1.42. The van der Waals surface area contributed by atoms with Gasteiger partial charge in [-0.05, 0) is 32.4 Å². The summed E-state index contributed by atoms with van der Waals surface area (Å²) in [5.41, 5.74) is 0. The molecule has 0 saturated carbocycles. The Balaban J connectivity index is 0. The van der Waals surface area contributed by atoms with E-state index in [9.17, 15) is 0 Å². The number of rotatable bonds is 5. The minimum Gasteiger partial charge on any atom is -0.319 e. The molecule has 1 N–H and O–H groups in total. The van der Waals surface area contributed by atoms with Crippen molar-refractivity contribution in [2.75, 3.05) is 13.6 Å². The highest BCUT2D eigenvalue weighted by atomic mass is 35.5. The summed E-state index contributed by atoms with van der Waals surface area (Å²) in [4.78, 5) is 0. The van der Waals surface area contributed by atoms with Crippen LogP contribution >= 0.6 is 12.4 Å². The van der Waals surface area contributed by atoms with E-state index >= 15 is 0 Å². The van der Waals surface area contributed by atoms with Crippen molar-refractivity contribution in [3.63, 3.8) is 0 Å². The fourth-order valence-corrected chi connectivity index (χ4v) is 0.853. The molecule has 1 nitrogen and oxygen atoms in total. The first-order valence-corrected chi connectivity index (χ1v) is 3.56. The largest absolute Gasteiger partial charge is 0.319 e. The van der Waals surface area contributed by atoms with Crippen molar-refractivity contribution in [1.29, 1.82) is 0 Å². The van der Waals surface area contributed by atoms with E-state index in [-0.39, 0.29) is 12.4 Å². The molecule has 0 heterocycles. The molecule has 0 aromatic rings. The molecule has 1 unspecified atom stereocenters. The van der Waals surface area contributed by atoms with Crippen LogP contribution in [0.4, 0.5) is 0 Å². The maximum absolute atomic E-state index is 3.67. The molecule has 0 fully saturated rings. The third-order valence-electron chi connectivity index (χ3n) is 1.42. The van der Waals surface area contributed by atoms with Crippen LogP contribution in [0.25, 0.3) is 0 Å². The second-order valence-corrected chi connectivity index (χ2v) is 2.53. The van der Waals surface area contributed by atoms with Crippen molar-refractivity contribution in [2.24, 2.45) is 5.92 Å². The van der Waals surface area contributed by atoms with Crippen LogP contribution in [0.1, 0.15) is 19.8 Å². The molecule has 0 rings (SSSR count). The van der Waals surface area contributed by atoms with Crippen molar-refractivity contribution in [1.82, 2.24) is 5.32 Å². The number of nitrogens with one attached hydrogen (secondary N) is 1. The molecule has 0 aliphatic heterocycles. The predicted octanol–water partition coefficient (Wildman–Crippen LogP) is 2.23. The van der Waals surface area contributed by atoms with Gasteiger partial charge in [-0.15, -0.1) is 19.0 Å². The normalized spacial score (nSPS) is 11.8. The molecule has 0 radical (unpaired) electrons. The lowest BCUT2D eigenvalue weighted by Crippen LogP contribution is -2.15. The highest BCUT2D eigenvalue weighted by Gasteiger charge is 1.96. The second-order valence-electron chi connectivity index (χ2n) is 2.53. The zero-order valence-corrected chi connectivity index (χ0v) is 7.71. The standard InChI is InChI=1S/C8H17N.ClH/c1-4-5-6-8(2)7-9-3;/h4,8-9H,1,5-7H2,2-3H3;1H. The van der Waals surface area contributed by atoms with E-state index in [0.29, 0.717) is 0 Å². The Morgan fingerprint density at radius 3 is 2.60 bits per heavy atom. The van der Waals surface area contributed by atoms with E-state index in [1.54, 1.807) is 0 Å². The van der Waals surface area contributed by atoms with Crippen LogP contribution in [0, 0.1) is 5.92 Å². The van der Waals surface area contributed by atoms with Crippen molar-refractivity contribution in [2.45, 2.75) is 19.8 Å². The maximum Gasteiger partial charge on any atom is -0.00260 e. The van der Waals surface area contributed by atoms with E-state index in [1.165, 1.54) is 6.42 Å². The molecule has 0 aliphatic carbocycles. The van der Waals surface area contributed by atoms with Gasteiger partial charge in [-0.2, -0.15) is 0 Å². The van der Waals surface area contributed by atoms with Crippen LogP contribution in [0.15, 0.2) is 12.7 Å². The summed E-state index contributed by atoms with van der Waals surface area (Å²) in [6, 6.07) is 0.